The number of nitrogen functional groups attached to an aromatic ring is 1. The van der Waals surface area contributed by atoms with Crippen LogP contribution in [0.15, 0.2) is 25.7 Å². The van der Waals surface area contributed by atoms with Gasteiger partial charge in [-0.15, -0.1) is 10.2 Å². The summed E-state index contributed by atoms with van der Waals surface area (Å²) in [5.41, 5.74) is 8.74. The summed E-state index contributed by atoms with van der Waals surface area (Å²) in [6.07, 6.45) is 3.23. The van der Waals surface area contributed by atoms with Gasteiger partial charge in [0.2, 0.25) is 5.91 Å². The summed E-state index contributed by atoms with van der Waals surface area (Å²) in [6, 6.07) is 3.86. The first-order valence-electron chi connectivity index (χ1n) is 5.93. The topological polar surface area (TPSA) is 80.9 Å². The molecule has 5 nitrogen and oxygen atoms in total. The number of carbonyl (C=O) groups excluding carboxylic acids is 1. The van der Waals surface area contributed by atoms with E-state index in [1.807, 2.05) is 18.4 Å². The van der Waals surface area contributed by atoms with E-state index in [1.165, 1.54) is 23.1 Å². The minimum Gasteiger partial charge on any atom is -0.398 e. The molecule has 0 radical (unpaired) electrons. The summed E-state index contributed by atoms with van der Waals surface area (Å²) in [7, 11) is 0. The number of hydrogen-bond donors (Lipinski definition) is 2. The van der Waals surface area contributed by atoms with Gasteiger partial charge in [0.25, 0.3) is 0 Å². The number of anilines is 2. The lowest BCUT2D eigenvalue weighted by molar-refractivity contribution is -0.116. The highest BCUT2D eigenvalue weighted by atomic mass is 32.2. The maximum absolute atomic E-state index is 11.5. The number of aromatic nitrogens is 2. The Morgan fingerprint density at radius 1 is 1.30 bits per heavy atom. The number of benzene rings is 1. The molecule has 1 aliphatic heterocycles. The first-order chi connectivity index (χ1) is 9.65. The van der Waals surface area contributed by atoms with Crippen molar-refractivity contribution in [3.8, 4) is 0 Å². The minimum atomic E-state index is 0.0544. The Labute approximate surface area is 128 Å². The number of carbonyl (C=O) groups is 1. The van der Waals surface area contributed by atoms with E-state index in [0.29, 0.717) is 12.1 Å². The van der Waals surface area contributed by atoms with Crippen molar-refractivity contribution in [3.63, 3.8) is 0 Å². The van der Waals surface area contributed by atoms with Crippen LogP contribution in [-0.4, -0.2) is 22.4 Å². The number of fused-ring (bicyclic) bond motifs is 1. The molecule has 0 unspecified atom stereocenters. The number of nitrogens with zero attached hydrogens (tertiary/aromatic N) is 2. The van der Waals surface area contributed by atoms with Gasteiger partial charge in [-0.2, -0.15) is 0 Å². The molecular weight excluding hydrogens is 312 g/mol. The zero-order chi connectivity index (χ0) is 14.1. The molecule has 0 bridgehead atoms. The molecule has 0 saturated carbocycles. The van der Waals surface area contributed by atoms with E-state index in [4.69, 9.17) is 5.73 Å². The standard InChI is InChI=1S/C12H12N4OS3/c1-18-11-15-16-12(20-11)19-9-5-8-6(4-7(9)13)2-3-10(17)14-8/h4-5H,2-3,13H2,1H3,(H,14,17). The van der Waals surface area contributed by atoms with Crippen LogP contribution in [0.2, 0.25) is 0 Å². The van der Waals surface area contributed by atoms with Crippen molar-refractivity contribution in [2.75, 3.05) is 17.3 Å². The predicted molar refractivity (Wildman–Crippen MR) is 83.6 cm³/mol. The van der Waals surface area contributed by atoms with E-state index in [1.54, 1.807) is 11.8 Å². The normalized spacial score (nSPS) is 13.9. The molecule has 8 heteroatoms. The number of amides is 1. The van der Waals surface area contributed by atoms with Crippen LogP contribution in [0.5, 0.6) is 0 Å². The van der Waals surface area contributed by atoms with Crippen molar-refractivity contribution in [2.45, 2.75) is 26.4 Å². The lowest BCUT2D eigenvalue weighted by Crippen LogP contribution is -2.19. The van der Waals surface area contributed by atoms with Crippen LogP contribution < -0.4 is 11.1 Å². The zero-order valence-corrected chi connectivity index (χ0v) is 13.1. The van der Waals surface area contributed by atoms with Crippen molar-refractivity contribution >= 4 is 52.1 Å². The maximum atomic E-state index is 11.5. The number of thioether (sulfide) groups is 1. The molecule has 0 fully saturated rings. The van der Waals surface area contributed by atoms with E-state index in [2.05, 4.69) is 15.5 Å². The van der Waals surface area contributed by atoms with Crippen molar-refractivity contribution in [1.82, 2.24) is 10.2 Å². The van der Waals surface area contributed by atoms with E-state index >= 15 is 0 Å². The Hall–Kier alpha value is -1.25. The highest BCUT2D eigenvalue weighted by Gasteiger charge is 2.17. The van der Waals surface area contributed by atoms with Gasteiger partial charge in [0.1, 0.15) is 0 Å². The lowest BCUT2D eigenvalue weighted by Gasteiger charge is -2.18. The monoisotopic (exact) mass is 324 g/mol. The van der Waals surface area contributed by atoms with Gasteiger partial charge in [-0.1, -0.05) is 34.9 Å². The van der Waals surface area contributed by atoms with E-state index in [-0.39, 0.29) is 5.91 Å². The summed E-state index contributed by atoms with van der Waals surface area (Å²) in [5, 5.41) is 11.1. The van der Waals surface area contributed by atoms with Crippen LogP contribution in [-0.2, 0) is 11.2 Å². The molecule has 1 aromatic carbocycles. The Bertz CT molecular complexity index is 671. The number of nitrogens with two attached hydrogens (primary N) is 1. The highest BCUT2D eigenvalue weighted by Crippen LogP contribution is 2.39. The summed E-state index contributed by atoms with van der Waals surface area (Å²) in [5.74, 6) is 0.0544. The molecule has 2 aromatic rings. The second-order valence-corrected chi connectivity index (χ2v) is 7.56. The van der Waals surface area contributed by atoms with Crippen LogP contribution in [0, 0.1) is 0 Å². The third-order valence-corrected chi connectivity index (χ3v) is 5.91. The fourth-order valence-electron chi connectivity index (χ4n) is 1.93. The second-order valence-electron chi connectivity index (χ2n) is 4.24. The molecule has 20 heavy (non-hydrogen) atoms. The van der Waals surface area contributed by atoms with Crippen LogP contribution in [0.1, 0.15) is 12.0 Å². The number of hydrogen-bond acceptors (Lipinski definition) is 7. The SMILES string of the molecule is CSc1nnc(Sc2cc3c(cc2N)CCC(=O)N3)s1. The quantitative estimate of drug-likeness (QED) is 0.667. The third kappa shape index (κ3) is 2.77. The van der Waals surface area contributed by atoms with Gasteiger partial charge in [0.15, 0.2) is 8.68 Å². The van der Waals surface area contributed by atoms with Gasteiger partial charge in [0, 0.05) is 22.7 Å². The van der Waals surface area contributed by atoms with Crippen molar-refractivity contribution < 1.29 is 4.79 Å². The third-order valence-electron chi connectivity index (χ3n) is 2.89. The van der Waals surface area contributed by atoms with Gasteiger partial charge in [0.05, 0.1) is 0 Å². The van der Waals surface area contributed by atoms with Crippen LogP contribution in [0.25, 0.3) is 0 Å². The molecule has 1 aromatic heterocycles. The van der Waals surface area contributed by atoms with Crippen molar-refractivity contribution in [2.24, 2.45) is 0 Å². The van der Waals surface area contributed by atoms with Gasteiger partial charge in [-0.3, -0.25) is 4.79 Å². The second kappa shape index (κ2) is 5.63. The van der Waals surface area contributed by atoms with Crippen LogP contribution >= 0.6 is 34.9 Å². The number of rotatable bonds is 3. The molecule has 0 atom stereocenters. The summed E-state index contributed by atoms with van der Waals surface area (Å²) in [4.78, 5) is 12.3. The maximum Gasteiger partial charge on any atom is 0.224 e. The number of aryl methyl sites for hydroxylation is 1. The van der Waals surface area contributed by atoms with E-state index in [0.717, 1.165) is 31.2 Å². The first kappa shape index (κ1) is 13.7. The average molecular weight is 324 g/mol. The Morgan fingerprint density at radius 3 is 2.85 bits per heavy atom. The molecule has 3 rings (SSSR count). The van der Waals surface area contributed by atoms with E-state index < -0.39 is 0 Å². The smallest absolute Gasteiger partial charge is 0.224 e. The molecule has 0 spiro atoms. The summed E-state index contributed by atoms with van der Waals surface area (Å²) >= 11 is 4.59. The van der Waals surface area contributed by atoms with Crippen LogP contribution in [0.4, 0.5) is 11.4 Å². The molecular formula is C12H12N4OS3. The van der Waals surface area contributed by atoms with Crippen molar-refractivity contribution in [3.05, 3.63) is 17.7 Å². The molecule has 1 amide bonds. The number of nitrogens with one attached hydrogen (secondary N) is 1. The average Bonchev–Trinajstić information content (AvgIpc) is 2.88. The largest absolute Gasteiger partial charge is 0.398 e. The van der Waals surface area contributed by atoms with Crippen molar-refractivity contribution in [1.29, 1.82) is 0 Å². The van der Waals surface area contributed by atoms with Gasteiger partial charge >= 0.3 is 0 Å². The molecule has 2 heterocycles. The molecule has 1 aliphatic rings. The van der Waals surface area contributed by atoms with Gasteiger partial charge in [-0.25, -0.2) is 0 Å². The van der Waals surface area contributed by atoms with Gasteiger partial charge < -0.3 is 11.1 Å². The fraction of sp³-hybridized carbons (Fsp3) is 0.250. The molecule has 3 N–H and O–H groups in total. The molecule has 0 saturated heterocycles. The molecule has 104 valence electrons. The predicted octanol–water partition coefficient (Wildman–Crippen LogP) is 2.88. The van der Waals surface area contributed by atoms with Gasteiger partial charge in [-0.05, 0) is 30.4 Å². The fourth-order valence-corrected chi connectivity index (χ4v) is 4.39. The Balaban J connectivity index is 1.89. The van der Waals surface area contributed by atoms with E-state index in [9.17, 15) is 4.79 Å². The Morgan fingerprint density at radius 2 is 2.10 bits per heavy atom. The Kier molecular flexibility index (Phi) is 3.86. The minimum absolute atomic E-state index is 0.0544. The lowest BCUT2D eigenvalue weighted by atomic mass is 10.0. The summed E-state index contributed by atoms with van der Waals surface area (Å²) < 4.78 is 1.78. The molecule has 0 aliphatic carbocycles. The first-order valence-corrected chi connectivity index (χ1v) is 8.79. The highest BCUT2D eigenvalue weighted by molar-refractivity contribution is 8.03. The van der Waals surface area contributed by atoms with Crippen LogP contribution in [0.3, 0.4) is 0 Å². The zero-order valence-electron chi connectivity index (χ0n) is 10.7. The summed E-state index contributed by atoms with van der Waals surface area (Å²) in [6.45, 7) is 0.